The molecule has 3 N–H and O–H groups in total. The minimum Gasteiger partial charge on any atom is -0.387 e. The number of carbonyl (C=O) groups is 1. The van der Waals surface area contributed by atoms with Crippen molar-refractivity contribution in [3.63, 3.8) is 0 Å². The van der Waals surface area contributed by atoms with Gasteiger partial charge in [0.15, 0.2) is 0 Å². The summed E-state index contributed by atoms with van der Waals surface area (Å²) in [6.07, 6.45) is 56.9. The number of quaternary nitrogens is 1. The zero-order chi connectivity index (χ0) is 46.4. The van der Waals surface area contributed by atoms with Gasteiger partial charge in [0, 0.05) is 6.42 Å². The molecule has 374 valence electrons. The van der Waals surface area contributed by atoms with Crippen molar-refractivity contribution in [1.82, 2.24) is 5.32 Å². The molecule has 0 aromatic rings. The molecule has 0 spiro atoms. The van der Waals surface area contributed by atoms with E-state index in [1.165, 1.54) is 205 Å². The molecule has 63 heavy (non-hydrogen) atoms. The second-order valence-corrected chi connectivity index (χ2v) is 21.4. The lowest BCUT2D eigenvalue weighted by Crippen LogP contribution is -2.45. The van der Waals surface area contributed by atoms with Gasteiger partial charge in [-0.3, -0.25) is 13.8 Å². The number of hydrogen-bond donors (Lipinski definition) is 3. The van der Waals surface area contributed by atoms with Crippen LogP contribution in [0.4, 0.5) is 0 Å². The Kier molecular flexibility index (Phi) is 45.4. The average Bonchev–Trinajstić information content (AvgIpc) is 3.24. The van der Waals surface area contributed by atoms with Crippen LogP contribution in [0.5, 0.6) is 0 Å². The molecule has 0 aromatic heterocycles. The van der Waals surface area contributed by atoms with Crippen molar-refractivity contribution >= 4 is 13.7 Å². The summed E-state index contributed by atoms with van der Waals surface area (Å²) in [6, 6.07) is -0.847. The number of unbranched alkanes of at least 4 members (excludes halogenated alkanes) is 35. The van der Waals surface area contributed by atoms with Gasteiger partial charge >= 0.3 is 7.82 Å². The number of phosphoric acid groups is 1. The maximum atomic E-state index is 13.0. The highest BCUT2D eigenvalue weighted by atomic mass is 31.2. The molecule has 0 aliphatic carbocycles. The highest BCUT2D eigenvalue weighted by Gasteiger charge is 2.27. The Morgan fingerprint density at radius 2 is 0.857 bits per heavy atom. The summed E-state index contributed by atoms with van der Waals surface area (Å²) in [5.41, 5.74) is 0. The zero-order valence-electron chi connectivity index (χ0n) is 42.6. The van der Waals surface area contributed by atoms with Gasteiger partial charge in [-0.05, 0) is 44.9 Å². The van der Waals surface area contributed by atoms with Crippen LogP contribution in [-0.2, 0) is 18.4 Å². The number of likely N-dealkylation sites (N-methyl/N-ethyl adjacent to an activating group) is 1. The highest BCUT2D eigenvalue weighted by molar-refractivity contribution is 7.47. The van der Waals surface area contributed by atoms with Crippen LogP contribution >= 0.6 is 7.82 Å². The Bertz CT molecular complexity index is 1080. The van der Waals surface area contributed by atoms with E-state index in [-0.39, 0.29) is 19.1 Å². The van der Waals surface area contributed by atoms with Crippen molar-refractivity contribution in [2.75, 3.05) is 40.9 Å². The second-order valence-electron chi connectivity index (χ2n) is 20.0. The lowest BCUT2D eigenvalue weighted by atomic mass is 10.0. The minimum atomic E-state index is -4.34. The number of amides is 1. The standard InChI is InChI=1S/C54H107N2O6P/c1-6-8-10-12-14-16-18-20-22-24-26-28-30-32-34-36-38-40-42-44-46-48-54(58)55-52(51-62-63(59,60)61-50-49-56(3,4)5)53(57)47-45-43-41-39-37-35-33-31-29-27-25-23-21-19-17-15-13-11-9-7-2/h28,30,45,47,52-53,57H,6-27,29,31-44,46,48-51H2,1-5H3,(H-,55,58,59,60)/p+1/b30-28-,47-45+. The summed E-state index contributed by atoms with van der Waals surface area (Å²) in [5.74, 6) is -0.178. The van der Waals surface area contributed by atoms with E-state index in [1.54, 1.807) is 6.08 Å². The normalized spacial score (nSPS) is 14.2. The number of rotatable bonds is 50. The molecule has 0 saturated carbocycles. The molecule has 0 aliphatic heterocycles. The summed E-state index contributed by atoms with van der Waals surface area (Å²) in [5, 5.41) is 13.9. The molecule has 0 bridgehead atoms. The van der Waals surface area contributed by atoms with Gasteiger partial charge in [-0.2, -0.15) is 0 Å². The lowest BCUT2D eigenvalue weighted by molar-refractivity contribution is -0.870. The molecule has 0 radical (unpaired) electrons. The number of aliphatic hydroxyl groups is 1. The number of nitrogens with zero attached hydrogens (tertiary/aromatic N) is 1. The van der Waals surface area contributed by atoms with E-state index in [4.69, 9.17) is 9.05 Å². The first-order valence-corrected chi connectivity index (χ1v) is 28.7. The first-order chi connectivity index (χ1) is 30.5. The molecule has 3 unspecified atom stereocenters. The molecule has 1 amide bonds. The summed E-state index contributed by atoms with van der Waals surface area (Å²) in [6.45, 7) is 4.85. The molecular formula is C54H108N2O6P+. The van der Waals surface area contributed by atoms with Crippen molar-refractivity contribution in [3.8, 4) is 0 Å². The van der Waals surface area contributed by atoms with Crippen molar-refractivity contribution < 1.29 is 32.9 Å². The van der Waals surface area contributed by atoms with E-state index in [9.17, 15) is 19.4 Å². The Morgan fingerprint density at radius 3 is 1.22 bits per heavy atom. The number of carbonyl (C=O) groups excluding carboxylic acids is 1. The molecule has 9 heteroatoms. The summed E-state index contributed by atoms with van der Waals surface area (Å²) < 4.78 is 23.7. The first kappa shape index (κ1) is 62.0. The van der Waals surface area contributed by atoms with Crippen LogP contribution in [0.15, 0.2) is 24.3 Å². The fourth-order valence-electron chi connectivity index (χ4n) is 8.10. The first-order valence-electron chi connectivity index (χ1n) is 27.2. The Morgan fingerprint density at radius 1 is 0.524 bits per heavy atom. The van der Waals surface area contributed by atoms with E-state index in [1.807, 2.05) is 27.2 Å². The number of aliphatic hydroxyl groups excluding tert-OH is 1. The largest absolute Gasteiger partial charge is 0.472 e. The number of phosphoric ester groups is 1. The van der Waals surface area contributed by atoms with Crippen molar-refractivity contribution in [2.24, 2.45) is 0 Å². The fourth-order valence-corrected chi connectivity index (χ4v) is 8.83. The Hall–Kier alpha value is -1.02. The van der Waals surface area contributed by atoms with Crippen LogP contribution in [-0.4, -0.2) is 73.4 Å². The van der Waals surface area contributed by atoms with Gasteiger partial charge in [-0.15, -0.1) is 0 Å². The summed E-state index contributed by atoms with van der Waals surface area (Å²) >= 11 is 0. The molecule has 8 nitrogen and oxygen atoms in total. The van der Waals surface area contributed by atoms with Gasteiger partial charge in [0.1, 0.15) is 13.2 Å². The third-order valence-electron chi connectivity index (χ3n) is 12.4. The lowest BCUT2D eigenvalue weighted by Gasteiger charge is -2.25. The Labute approximate surface area is 392 Å². The number of hydrogen-bond acceptors (Lipinski definition) is 5. The van der Waals surface area contributed by atoms with Crippen LogP contribution in [0.25, 0.3) is 0 Å². The topological polar surface area (TPSA) is 105 Å². The average molecular weight is 912 g/mol. The van der Waals surface area contributed by atoms with Gasteiger partial charge in [-0.1, -0.05) is 237 Å². The van der Waals surface area contributed by atoms with E-state index < -0.39 is 20.0 Å². The van der Waals surface area contributed by atoms with Gasteiger partial charge in [-0.25, -0.2) is 4.57 Å². The smallest absolute Gasteiger partial charge is 0.387 e. The molecule has 0 heterocycles. The SMILES string of the molecule is CCCCCCCCCCCC/C=C\CCCCCCCCCC(=O)NC(COP(=O)(O)OCC[N+](C)(C)C)C(O)/C=C/CCCCCCCCCCCCCCCCCCCC. The number of nitrogens with one attached hydrogen (secondary N) is 1. The molecule has 0 saturated heterocycles. The molecule has 0 fully saturated rings. The molecule has 3 atom stereocenters. The van der Waals surface area contributed by atoms with E-state index in [0.29, 0.717) is 17.4 Å². The molecule has 0 rings (SSSR count). The number of allylic oxidation sites excluding steroid dienone is 3. The Balaban J connectivity index is 4.27. The summed E-state index contributed by atoms with van der Waals surface area (Å²) in [7, 11) is 1.58. The predicted octanol–water partition coefficient (Wildman–Crippen LogP) is 16.0. The highest BCUT2D eigenvalue weighted by Crippen LogP contribution is 2.43. The van der Waals surface area contributed by atoms with Crippen LogP contribution in [0.1, 0.15) is 264 Å². The van der Waals surface area contributed by atoms with E-state index in [2.05, 4.69) is 31.3 Å². The van der Waals surface area contributed by atoms with E-state index in [0.717, 1.165) is 38.5 Å². The van der Waals surface area contributed by atoms with Gasteiger partial charge < -0.3 is 19.8 Å². The predicted molar refractivity (Wildman–Crippen MR) is 272 cm³/mol. The third kappa shape index (κ3) is 48.7. The van der Waals surface area contributed by atoms with Crippen molar-refractivity contribution in [3.05, 3.63) is 24.3 Å². The maximum absolute atomic E-state index is 13.0. The third-order valence-corrected chi connectivity index (χ3v) is 13.4. The van der Waals surface area contributed by atoms with Crippen molar-refractivity contribution in [2.45, 2.75) is 276 Å². The van der Waals surface area contributed by atoms with Gasteiger partial charge in [0.05, 0.1) is 39.9 Å². The molecule has 0 aliphatic rings. The maximum Gasteiger partial charge on any atom is 0.472 e. The summed E-state index contributed by atoms with van der Waals surface area (Å²) in [4.78, 5) is 23.3. The van der Waals surface area contributed by atoms with Crippen LogP contribution in [0.3, 0.4) is 0 Å². The second kappa shape index (κ2) is 46.1. The van der Waals surface area contributed by atoms with Crippen LogP contribution in [0, 0.1) is 0 Å². The van der Waals surface area contributed by atoms with Crippen molar-refractivity contribution in [1.29, 1.82) is 0 Å². The monoisotopic (exact) mass is 912 g/mol. The van der Waals surface area contributed by atoms with E-state index >= 15 is 0 Å². The van der Waals surface area contributed by atoms with Crippen LogP contribution in [0.2, 0.25) is 0 Å². The molecule has 0 aromatic carbocycles. The quantitative estimate of drug-likeness (QED) is 0.0243. The minimum absolute atomic E-state index is 0.0622. The van der Waals surface area contributed by atoms with Crippen LogP contribution < -0.4 is 5.32 Å². The fraction of sp³-hybridized carbons (Fsp3) is 0.907. The van der Waals surface area contributed by atoms with Gasteiger partial charge in [0.2, 0.25) is 5.91 Å². The molecular weight excluding hydrogens is 804 g/mol. The zero-order valence-corrected chi connectivity index (χ0v) is 43.5. The van der Waals surface area contributed by atoms with Gasteiger partial charge in [0.25, 0.3) is 0 Å².